The van der Waals surface area contributed by atoms with E-state index in [9.17, 15) is 5.11 Å². The normalized spacial score (nSPS) is 17.1. The van der Waals surface area contributed by atoms with Gasteiger partial charge in [-0.15, -0.1) is 0 Å². The highest BCUT2D eigenvalue weighted by atomic mass is 28.4. The third-order valence-electron chi connectivity index (χ3n) is 2.45. The largest absolute Gasteiger partial charge is 0.397 e. The van der Waals surface area contributed by atoms with E-state index in [2.05, 4.69) is 46.2 Å². The fraction of sp³-hybridized carbons (Fsp3) is 1.00. The smallest absolute Gasteiger partial charge is 0.186 e. The van der Waals surface area contributed by atoms with E-state index in [4.69, 9.17) is 13.6 Å². The van der Waals surface area contributed by atoms with E-state index in [1.807, 2.05) is 0 Å². The molecule has 0 aliphatic carbocycles. The van der Waals surface area contributed by atoms with Crippen molar-refractivity contribution in [3.63, 3.8) is 0 Å². The maximum absolute atomic E-state index is 9.35. The molecule has 0 rings (SSSR count). The molecule has 4 nitrogen and oxygen atoms in total. The maximum atomic E-state index is 9.35. The molecule has 0 radical (unpaired) electrons. The number of ether oxygens (including phenoxy) is 1. The minimum Gasteiger partial charge on any atom is -0.397 e. The zero-order chi connectivity index (χ0) is 16.0. The molecule has 0 saturated carbocycles. The average Bonchev–Trinajstić information content (AvgIpc) is 2.18. The SMILES string of the molecule is CCC(OCC(C)O)[SiH2]C(O[Si](C)(C)C)O[Si](C)(C)C. The fourth-order valence-electron chi connectivity index (χ4n) is 1.75. The monoisotopic (exact) mass is 338 g/mol. The summed E-state index contributed by atoms with van der Waals surface area (Å²) in [7, 11) is -3.91. The first-order valence-corrected chi connectivity index (χ1v) is 16.0. The molecule has 0 aromatic carbocycles. The Labute approximate surface area is 129 Å². The second kappa shape index (κ2) is 8.82. The Kier molecular flexibility index (Phi) is 9.03. The summed E-state index contributed by atoms with van der Waals surface area (Å²) in [6.45, 7) is 17.4. The highest BCUT2D eigenvalue weighted by Crippen LogP contribution is 2.15. The molecule has 20 heavy (non-hydrogen) atoms. The average molecular weight is 339 g/mol. The van der Waals surface area contributed by atoms with Gasteiger partial charge in [0.2, 0.25) is 0 Å². The first-order chi connectivity index (χ1) is 8.93. The summed E-state index contributed by atoms with van der Waals surface area (Å²) >= 11 is 0. The summed E-state index contributed by atoms with van der Waals surface area (Å²) < 4.78 is 18.2. The fourth-order valence-corrected chi connectivity index (χ4v) is 8.33. The third kappa shape index (κ3) is 12.2. The molecule has 0 spiro atoms. The second-order valence-corrected chi connectivity index (χ2v) is 18.3. The Bertz CT molecular complexity index is 245. The Balaban J connectivity index is 4.59. The Hall–Kier alpha value is 0.491. The molecule has 0 heterocycles. The van der Waals surface area contributed by atoms with Gasteiger partial charge in [0.05, 0.1) is 12.7 Å². The predicted octanol–water partition coefficient (Wildman–Crippen LogP) is 2.28. The lowest BCUT2D eigenvalue weighted by molar-refractivity contribution is 0.0139. The molecular weight excluding hydrogens is 304 g/mol. The van der Waals surface area contributed by atoms with Crippen molar-refractivity contribution in [3.8, 4) is 0 Å². The van der Waals surface area contributed by atoms with Gasteiger partial charge in [0.25, 0.3) is 0 Å². The molecule has 2 unspecified atom stereocenters. The molecule has 2 atom stereocenters. The van der Waals surface area contributed by atoms with Crippen molar-refractivity contribution >= 4 is 26.2 Å². The zero-order valence-corrected chi connectivity index (χ0v) is 17.9. The lowest BCUT2D eigenvalue weighted by Gasteiger charge is -2.33. The molecule has 122 valence electrons. The second-order valence-electron chi connectivity index (χ2n) is 7.34. The van der Waals surface area contributed by atoms with Crippen molar-refractivity contribution in [1.82, 2.24) is 0 Å². The molecule has 0 aliphatic heterocycles. The van der Waals surface area contributed by atoms with Crippen LogP contribution in [0, 0.1) is 0 Å². The molecule has 0 amide bonds. The molecule has 0 saturated heterocycles. The van der Waals surface area contributed by atoms with Gasteiger partial charge in [0.15, 0.2) is 16.6 Å². The van der Waals surface area contributed by atoms with Crippen molar-refractivity contribution in [2.75, 3.05) is 6.61 Å². The van der Waals surface area contributed by atoms with E-state index in [1.165, 1.54) is 0 Å². The van der Waals surface area contributed by atoms with E-state index < -0.39 is 32.3 Å². The van der Waals surface area contributed by atoms with Crippen LogP contribution in [0.5, 0.6) is 0 Å². The number of hydrogen-bond donors (Lipinski definition) is 1. The van der Waals surface area contributed by atoms with Crippen molar-refractivity contribution in [3.05, 3.63) is 0 Å². The number of rotatable bonds is 10. The molecular formula is C13H34O4Si3. The van der Waals surface area contributed by atoms with E-state index in [0.29, 0.717) is 6.61 Å². The molecule has 0 aromatic heterocycles. The van der Waals surface area contributed by atoms with Crippen LogP contribution in [0.2, 0.25) is 39.3 Å². The van der Waals surface area contributed by atoms with Crippen LogP contribution in [-0.4, -0.2) is 55.6 Å². The summed E-state index contributed by atoms with van der Waals surface area (Å²) in [4.78, 5) is 0. The zero-order valence-electron chi connectivity index (χ0n) is 14.5. The molecule has 0 fully saturated rings. The Morgan fingerprint density at radius 2 is 1.45 bits per heavy atom. The van der Waals surface area contributed by atoms with Gasteiger partial charge >= 0.3 is 0 Å². The van der Waals surface area contributed by atoms with Crippen LogP contribution < -0.4 is 0 Å². The van der Waals surface area contributed by atoms with Crippen LogP contribution in [0.3, 0.4) is 0 Å². The van der Waals surface area contributed by atoms with Gasteiger partial charge in [-0.05, 0) is 52.6 Å². The minimum atomic E-state index is -1.62. The van der Waals surface area contributed by atoms with Crippen LogP contribution in [0.1, 0.15) is 20.3 Å². The number of aliphatic hydroxyl groups is 1. The lowest BCUT2D eigenvalue weighted by Crippen LogP contribution is -2.46. The maximum Gasteiger partial charge on any atom is 0.186 e. The number of hydrogen-bond acceptors (Lipinski definition) is 4. The van der Waals surface area contributed by atoms with E-state index in [-0.39, 0.29) is 11.6 Å². The van der Waals surface area contributed by atoms with Gasteiger partial charge < -0.3 is 18.7 Å². The molecule has 1 N–H and O–H groups in total. The van der Waals surface area contributed by atoms with Crippen LogP contribution in [0.25, 0.3) is 0 Å². The quantitative estimate of drug-likeness (QED) is 0.490. The van der Waals surface area contributed by atoms with Gasteiger partial charge in [-0.3, -0.25) is 0 Å². The van der Waals surface area contributed by atoms with Crippen LogP contribution in [-0.2, 0) is 13.6 Å². The van der Waals surface area contributed by atoms with Gasteiger partial charge in [-0.25, -0.2) is 0 Å². The van der Waals surface area contributed by atoms with Gasteiger partial charge in [0, 0.05) is 5.73 Å². The molecule has 0 aromatic rings. The molecule has 0 aliphatic rings. The van der Waals surface area contributed by atoms with Crippen LogP contribution in [0.4, 0.5) is 0 Å². The summed E-state index contributed by atoms with van der Waals surface area (Å²) in [5, 5.41) is 9.35. The first-order valence-electron chi connectivity index (χ1n) is 7.58. The predicted molar refractivity (Wildman–Crippen MR) is 92.9 cm³/mol. The standard InChI is InChI=1S/C13H34O4Si3/c1-9-12(15-10-11(2)14)18-13(16-19(3,4)5)17-20(6,7)8/h11-14H,9-10,18H2,1-8H3. The molecule has 7 heteroatoms. The highest BCUT2D eigenvalue weighted by molar-refractivity contribution is 6.71. The summed E-state index contributed by atoms with van der Waals surface area (Å²) in [6.07, 6.45) is 0.548. The van der Waals surface area contributed by atoms with Gasteiger partial charge in [-0.1, -0.05) is 6.92 Å². The number of aliphatic hydroxyl groups excluding tert-OH is 1. The van der Waals surface area contributed by atoms with Gasteiger partial charge in [0.1, 0.15) is 15.4 Å². The highest BCUT2D eigenvalue weighted by Gasteiger charge is 2.29. The van der Waals surface area contributed by atoms with Crippen LogP contribution in [0.15, 0.2) is 0 Å². The Morgan fingerprint density at radius 1 is 1.00 bits per heavy atom. The van der Waals surface area contributed by atoms with E-state index in [0.717, 1.165) is 6.42 Å². The topological polar surface area (TPSA) is 47.9 Å². The molecule has 0 bridgehead atoms. The summed E-state index contributed by atoms with van der Waals surface area (Å²) in [6, 6.07) is 0. The van der Waals surface area contributed by atoms with Crippen molar-refractivity contribution < 1.29 is 18.7 Å². The van der Waals surface area contributed by atoms with Crippen molar-refractivity contribution in [2.45, 2.75) is 77.3 Å². The Morgan fingerprint density at radius 3 is 1.75 bits per heavy atom. The van der Waals surface area contributed by atoms with Crippen LogP contribution >= 0.6 is 0 Å². The van der Waals surface area contributed by atoms with Gasteiger partial charge in [-0.2, -0.15) is 0 Å². The summed E-state index contributed by atoms with van der Waals surface area (Å²) in [5.41, 5.74) is 0.210. The minimum absolute atomic E-state index is 0.0488. The van der Waals surface area contributed by atoms with Crippen molar-refractivity contribution in [2.24, 2.45) is 0 Å². The van der Waals surface area contributed by atoms with E-state index in [1.54, 1.807) is 6.92 Å². The van der Waals surface area contributed by atoms with Crippen molar-refractivity contribution in [1.29, 1.82) is 0 Å². The summed E-state index contributed by atoms with van der Waals surface area (Å²) in [5.74, 6) is -0.0488. The lowest BCUT2D eigenvalue weighted by atomic mass is 10.4. The van der Waals surface area contributed by atoms with E-state index >= 15 is 0 Å². The third-order valence-corrected chi connectivity index (χ3v) is 7.12. The first kappa shape index (κ1) is 20.5.